The summed E-state index contributed by atoms with van der Waals surface area (Å²) >= 11 is 1.53. The van der Waals surface area contributed by atoms with E-state index >= 15 is 0 Å². The largest absolute Gasteiger partial charge is 0.353 e. The van der Waals surface area contributed by atoms with Crippen LogP contribution in [0.5, 0.6) is 0 Å². The van der Waals surface area contributed by atoms with Crippen molar-refractivity contribution in [3.05, 3.63) is 48.3 Å². The Morgan fingerprint density at radius 2 is 1.76 bits per heavy atom. The molecule has 1 aliphatic rings. The minimum Gasteiger partial charge on any atom is -0.353 e. The van der Waals surface area contributed by atoms with Crippen molar-refractivity contribution in [1.82, 2.24) is 14.8 Å². The van der Waals surface area contributed by atoms with Gasteiger partial charge in [0.25, 0.3) is 0 Å². The summed E-state index contributed by atoms with van der Waals surface area (Å²) in [6.07, 6.45) is 8.80. The first-order valence-corrected chi connectivity index (χ1v) is 11.4. The number of nitrogens with one attached hydrogen (secondary N) is 2. The fourth-order valence-corrected chi connectivity index (χ4v) is 4.40. The molecule has 7 heteroatoms. The average Bonchev–Trinajstić information content (AvgIpc) is 2.98. The maximum atomic E-state index is 12.5. The van der Waals surface area contributed by atoms with Crippen LogP contribution >= 0.6 is 11.8 Å². The first kappa shape index (κ1) is 21.5. The van der Waals surface area contributed by atoms with Crippen LogP contribution in [0.2, 0.25) is 0 Å². The van der Waals surface area contributed by atoms with Crippen LogP contribution in [0.3, 0.4) is 0 Å². The SMILES string of the molecule is CSc1ccccc1NC(=O)C(=O)NCC(c1cccn1C)N1CCCCCC1. The quantitative estimate of drug-likeness (QED) is 0.562. The molecular formula is C22H30N4O2S. The third-order valence-corrected chi connectivity index (χ3v) is 6.22. The van der Waals surface area contributed by atoms with Gasteiger partial charge in [0.1, 0.15) is 0 Å². The van der Waals surface area contributed by atoms with Crippen molar-refractivity contribution in [3.63, 3.8) is 0 Å². The number of thioether (sulfide) groups is 1. The van der Waals surface area contributed by atoms with E-state index in [0.717, 1.165) is 23.7 Å². The number of nitrogens with zero attached hydrogens (tertiary/aromatic N) is 2. The molecule has 3 rings (SSSR count). The lowest BCUT2D eigenvalue weighted by Crippen LogP contribution is -2.43. The van der Waals surface area contributed by atoms with Crippen LogP contribution in [0.25, 0.3) is 0 Å². The summed E-state index contributed by atoms with van der Waals surface area (Å²) in [6, 6.07) is 11.7. The van der Waals surface area contributed by atoms with Gasteiger partial charge in [0.15, 0.2) is 0 Å². The summed E-state index contributed by atoms with van der Waals surface area (Å²) in [5, 5.41) is 5.59. The highest BCUT2D eigenvalue weighted by Crippen LogP contribution is 2.25. The third kappa shape index (κ3) is 5.64. The number of para-hydroxylation sites is 1. The number of aryl methyl sites for hydroxylation is 1. The second-order valence-corrected chi connectivity index (χ2v) is 8.22. The van der Waals surface area contributed by atoms with Crippen molar-refractivity contribution < 1.29 is 9.59 Å². The van der Waals surface area contributed by atoms with Crippen LogP contribution in [0, 0.1) is 0 Å². The molecule has 0 bridgehead atoms. The van der Waals surface area contributed by atoms with Gasteiger partial charge >= 0.3 is 11.8 Å². The molecule has 2 N–H and O–H groups in total. The topological polar surface area (TPSA) is 66.4 Å². The van der Waals surface area contributed by atoms with Crippen molar-refractivity contribution in [1.29, 1.82) is 0 Å². The van der Waals surface area contributed by atoms with E-state index in [9.17, 15) is 9.59 Å². The molecule has 1 aliphatic heterocycles. The predicted octanol–water partition coefficient (Wildman–Crippen LogP) is 3.42. The minimum absolute atomic E-state index is 0.0586. The van der Waals surface area contributed by atoms with Gasteiger partial charge in [-0.05, 0) is 56.5 Å². The molecule has 1 fully saturated rings. The van der Waals surface area contributed by atoms with Crippen molar-refractivity contribution in [2.45, 2.75) is 36.6 Å². The molecule has 2 aromatic rings. The van der Waals surface area contributed by atoms with Crippen LogP contribution in [0.4, 0.5) is 5.69 Å². The number of hydrogen-bond acceptors (Lipinski definition) is 4. The van der Waals surface area contributed by atoms with Gasteiger partial charge in [-0.25, -0.2) is 0 Å². The molecule has 0 saturated carbocycles. The van der Waals surface area contributed by atoms with Gasteiger partial charge < -0.3 is 15.2 Å². The zero-order chi connectivity index (χ0) is 20.6. The van der Waals surface area contributed by atoms with Gasteiger partial charge in [-0.3, -0.25) is 14.5 Å². The van der Waals surface area contributed by atoms with E-state index in [1.165, 1.54) is 37.4 Å². The van der Waals surface area contributed by atoms with Crippen molar-refractivity contribution in [2.24, 2.45) is 7.05 Å². The van der Waals surface area contributed by atoms with Crippen LogP contribution in [-0.4, -0.2) is 47.2 Å². The molecule has 0 radical (unpaired) electrons. The Kier molecular flexibility index (Phi) is 7.77. The Hall–Kier alpha value is -2.25. The standard InChI is InChI=1S/C22H30N4O2S/c1-25-13-9-11-18(25)19(26-14-7-3-4-8-15-26)16-23-21(27)22(28)24-17-10-5-6-12-20(17)29-2/h5-6,9-13,19H,3-4,7-8,14-16H2,1-2H3,(H,23,27)(H,24,28). The highest BCUT2D eigenvalue weighted by Gasteiger charge is 2.25. The molecule has 6 nitrogen and oxygen atoms in total. The molecule has 1 saturated heterocycles. The zero-order valence-electron chi connectivity index (χ0n) is 17.2. The lowest BCUT2D eigenvalue weighted by atomic mass is 10.1. The van der Waals surface area contributed by atoms with Crippen molar-refractivity contribution in [2.75, 3.05) is 31.2 Å². The monoisotopic (exact) mass is 414 g/mol. The molecule has 1 atom stereocenters. The number of aromatic nitrogens is 1. The fourth-order valence-electron chi connectivity index (χ4n) is 3.84. The van der Waals surface area contributed by atoms with Gasteiger partial charge in [-0.15, -0.1) is 11.8 Å². The molecule has 2 amide bonds. The van der Waals surface area contributed by atoms with Crippen molar-refractivity contribution >= 4 is 29.3 Å². The lowest BCUT2D eigenvalue weighted by molar-refractivity contribution is -0.136. The molecule has 1 unspecified atom stereocenters. The fraction of sp³-hybridized carbons (Fsp3) is 0.455. The maximum absolute atomic E-state index is 12.5. The predicted molar refractivity (Wildman–Crippen MR) is 118 cm³/mol. The second kappa shape index (κ2) is 10.5. The summed E-state index contributed by atoms with van der Waals surface area (Å²) in [5.41, 5.74) is 1.81. The first-order chi connectivity index (χ1) is 14.1. The third-order valence-electron chi connectivity index (χ3n) is 5.42. The summed E-state index contributed by atoms with van der Waals surface area (Å²) in [6.45, 7) is 2.44. The van der Waals surface area contributed by atoms with Crippen LogP contribution in [0.15, 0.2) is 47.5 Å². The maximum Gasteiger partial charge on any atom is 0.313 e. The highest BCUT2D eigenvalue weighted by atomic mass is 32.2. The Morgan fingerprint density at radius 1 is 1.03 bits per heavy atom. The Bertz CT molecular complexity index is 828. The second-order valence-electron chi connectivity index (χ2n) is 7.37. The van der Waals surface area contributed by atoms with Crippen molar-refractivity contribution in [3.8, 4) is 0 Å². The first-order valence-electron chi connectivity index (χ1n) is 10.2. The summed E-state index contributed by atoms with van der Waals surface area (Å²) < 4.78 is 2.09. The number of benzene rings is 1. The van der Waals surface area contributed by atoms with Gasteiger partial charge in [-0.2, -0.15) is 0 Å². The van der Waals surface area contributed by atoms with E-state index in [0.29, 0.717) is 12.2 Å². The number of rotatable bonds is 6. The van der Waals surface area contributed by atoms with Crippen LogP contribution in [0.1, 0.15) is 37.4 Å². The van der Waals surface area contributed by atoms with E-state index < -0.39 is 11.8 Å². The number of carbonyl (C=O) groups is 2. The van der Waals surface area contributed by atoms with Gasteiger partial charge in [-0.1, -0.05) is 25.0 Å². The highest BCUT2D eigenvalue weighted by molar-refractivity contribution is 7.98. The Morgan fingerprint density at radius 3 is 2.41 bits per heavy atom. The van der Waals surface area contributed by atoms with E-state index in [2.05, 4.69) is 26.2 Å². The number of anilines is 1. The molecular weight excluding hydrogens is 384 g/mol. The summed E-state index contributed by atoms with van der Waals surface area (Å²) in [7, 11) is 2.02. The number of carbonyl (C=O) groups excluding carboxylic acids is 2. The Balaban J connectivity index is 1.66. The van der Waals surface area contributed by atoms with Gasteiger partial charge in [0.05, 0.1) is 11.7 Å². The van der Waals surface area contributed by atoms with Crippen LogP contribution < -0.4 is 10.6 Å². The van der Waals surface area contributed by atoms with E-state index in [4.69, 9.17) is 0 Å². The smallest absolute Gasteiger partial charge is 0.313 e. The summed E-state index contributed by atoms with van der Waals surface area (Å²) in [4.78, 5) is 28.3. The van der Waals surface area contributed by atoms with E-state index in [1.54, 1.807) is 6.07 Å². The molecule has 0 aliphatic carbocycles. The number of hydrogen-bond donors (Lipinski definition) is 2. The number of amides is 2. The Labute approximate surface area is 177 Å². The normalized spacial score (nSPS) is 16.1. The molecule has 1 aromatic heterocycles. The zero-order valence-corrected chi connectivity index (χ0v) is 18.0. The lowest BCUT2D eigenvalue weighted by Gasteiger charge is -2.31. The van der Waals surface area contributed by atoms with Gasteiger partial charge in [0.2, 0.25) is 0 Å². The number of likely N-dealkylation sites (tertiary alicyclic amines) is 1. The minimum atomic E-state index is -0.631. The van der Waals surface area contributed by atoms with E-state index in [1.807, 2.05) is 43.8 Å². The van der Waals surface area contributed by atoms with E-state index in [-0.39, 0.29) is 6.04 Å². The molecule has 29 heavy (non-hydrogen) atoms. The summed E-state index contributed by atoms with van der Waals surface area (Å²) in [5.74, 6) is -1.23. The van der Waals surface area contributed by atoms with Gasteiger partial charge in [0, 0.05) is 30.4 Å². The molecule has 1 aromatic carbocycles. The van der Waals surface area contributed by atoms with Crippen LogP contribution in [-0.2, 0) is 16.6 Å². The average molecular weight is 415 g/mol. The molecule has 2 heterocycles. The molecule has 0 spiro atoms. The molecule has 156 valence electrons.